The number of amides is 1. The average molecular weight is 388 g/mol. The molecule has 1 amide bonds. The minimum atomic E-state index is -0.115. The minimum absolute atomic E-state index is 0.0632. The molecule has 1 heterocycles. The van der Waals surface area contributed by atoms with E-state index in [-0.39, 0.29) is 17.9 Å². The van der Waals surface area contributed by atoms with Crippen LogP contribution in [0, 0.1) is 0 Å². The summed E-state index contributed by atoms with van der Waals surface area (Å²) >= 11 is 0. The summed E-state index contributed by atoms with van der Waals surface area (Å²) in [5.41, 5.74) is 1.25. The quantitative estimate of drug-likeness (QED) is 0.270. The van der Waals surface area contributed by atoms with Crippen molar-refractivity contribution in [2.45, 2.75) is 115 Å². The Morgan fingerprint density at radius 1 is 0.857 bits per heavy atom. The summed E-state index contributed by atoms with van der Waals surface area (Å²) in [6.45, 7) is 2.27. The van der Waals surface area contributed by atoms with Gasteiger partial charge < -0.3 is 0 Å². The van der Waals surface area contributed by atoms with Crippen LogP contribution in [0.3, 0.4) is 0 Å². The molecule has 0 bridgehead atoms. The Hall–Kier alpha value is -1.35. The van der Waals surface area contributed by atoms with E-state index in [0.717, 1.165) is 24.3 Å². The fourth-order valence-corrected chi connectivity index (χ4v) is 4.55. The highest BCUT2D eigenvalue weighted by Crippen LogP contribution is 2.35. The fourth-order valence-electron chi connectivity index (χ4n) is 4.55. The molecular weight excluding hydrogens is 346 g/mol. The number of unbranched alkanes of at least 4 members (excludes halogenated alkanes) is 11. The van der Waals surface area contributed by atoms with Gasteiger partial charge in [-0.25, -0.2) is 5.06 Å². The van der Waals surface area contributed by atoms with Gasteiger partial charge in [0.2, 0.25) is 5.91 Å². The third-order valence-electron chi connectivity index (χ3n) is 6.28. The number of hydrogen-bond donors (Lipinski definition) is 1. The van der Waals surface area contributed by atoms with Gasteiger partial charge in [0.15, 0.2) is 0 Å². The predicted molar refractivity (Wildman–Crippen MR) is 117 cm³/mol. The van der Waals surface area contributed by atoms with Crippen LogP contribution in [0.4, 0.5) is 0 Å². The van der Waals surface area contributed by atoms with Gasteiger partial charge in [-0.3, -0.25) is 10.0 Å². The van der Waals surface area contributed by atoms with Crippen LogP contribution < -0.4 is 0 Å². The molecule has 28 heavy (non-hydrogen) atoms. The van der Waals surface area contributed by atoms with Gasteiger partial charge in [0.25, 0.3) is 0 Å². The number of piperidine rings is 1. The first kappa shape index (κ1) is 22.9. The van der Waals surface area contributed by atoms with Gasteiger partial charge in [-0.15, -0.1) is 0 Å². The minimum Gasteiger partial charge on any atom is -0.286 e. The van der Waals surface area contributed by atoms with Gasteiger partial charge in [0.05, 0.1) is 6.04 Å². The average Bonchev–Trinajstić information content (AvgIpc) is 2.72. The standard InChI is InChI=1S/C25H41NO2/c1-2-3-4-5-6-7-8-9-10-11-12-16-19-24-23(20-21-25(27)26(24)28)22-17-14-13-15-18-22/h13-15,17-18,23-24,28H,2-12,16,19-21H2,1H3. The van der Waals surface area contributed by atoms with Gasteiger partial charge >= 0.3 is 0 Å². The molecule has 1 aromatic rings. The number of hydroxylamine groups is 2. The second kappa shape index (κ2) is 13.8. The van der Waals surface area contributed by atoms with Crippen LogP contribution in [0.2, 0.25) is 0 Å². The van der Waals surface area contributed by atoms with Crippen molar-refractivity contribution in [2.75, 3.05) is 0 Å². The van der Waals surface area contributed by atoms with Crippen LogP contribution >= 0.6 is 0 Å². The highest BCUT2D eigenvalue weighted by molar-refractivity contribution is 5.76. The molecule has 3 heteroatoms. The van der Waals surface area contributed by atoms with Crippen LogP contribution in [0.25, 0.3) is 0 Å². The van der Waals surface area contributed by atoms with Crippen LogP contribution in [0.15, 0.2) is 30.3 Å². The zero-order chi connectivity index (χ0) is 20.0. The second-order valence-electron chi connectivity index (χ2n) is 8.54. The first-order valence-electron chi connectivity index (χ1n) is 11.8. The Labute approximate surface area is 172 Å². The molecule has 0 radical (unpaired) electrons. The summed E-state index contributed by atoms with van der Waals surface area (Å²) in [7, 11) is 0. The van der Waals surface area contributed by atoms with E-state index in [9.17, 15) is 10.0 Å². The van der Waals surface area contributed by atoms with Gasteiger partial charge in [-0.05, 0) is 18.4 Å². The number of hydrogen-bond acceptors (Lipinski definition) is 2. The molecule has 3 nitrogen and oxygen atoms in total. The number of benzene rings is 1. The first-order valence-corrected chi connectivity index (χ1v) is 11.8. The summed E-state index contributed by atoms with van der Waals surface area (Å²) in [5, 5.41) is 11.4. The van der Waals surface area contributed by atoms with Crippen molar-refractivity contribution in [1.29, 1.82) is 0 Å². The maximum Gasteiger partial charge on any atom is 0.246 e. The molecule has 0 aliphatic carbocycles. The fraction of sp³-hybridized carbons (Fsp3) is 0.720. The lowest BCUT2D eigenvalue weighted by atomic mass is 9.82. The van der Waals surface area contributed by atoms with Gasteiger partial charge in [0.1, 0.15) is 0 Å². The summed E-state index contributed by atoms with van der Waals surface area (Å²) < 4.78 is 0. The van der Waals surface area contributed by atoms with E-state index in [1.807, 2.05) is 18.2 Å². The maximum atomic E-state index is 12.0. The monoisotopic (exact) mass is 387 g/mol. The van der Waals surface area contributed by atoms with Gasteiger partial charge in [0, 0.05) is 12.3 Å². The normalized spacial score (nSPS) is 19.9. The second-order valence-corrected chi connectivity index (χ2v) is 8.54. The largest absolute Gasteiger partial charge is 0.286 e. The van der Waals surface area contributed by atoms with E-state index in [0.29, 0.717) is 6.42 Å². The summed E-state index contributed by atoms with van der Waals surface area (Å²) in [6.07, 6.45) is 18.2. The molecule has 0 aromatic heterocycles. The molecule has 2 atom stereocenters. The summed E-state index contributed by atoms with van der Waals surface area (Å²) in [4.78, 5) is 12.0. The molecule has 1 aliphatic rings. The van der Waals surface area contributed by atoms with Crippen LogP contribution in [-0.2, 0) is 4.79 Å². The molecule has 2 rings (SSSR count). The van der Waals surface area contributed by atoms with Gasteiger partial charge in [-0.2, -0.15) is 0 Å². The topological polar surface area (TPSA) is 40.5 Å². The Bertz CT molecular complexity index is 531. The maximum absolute atomic E-state index is 12.0. The number of nitrogens with zero attached hydrogens (tertiary/aromatic N) is 1. The van der Waals surface area contributed by atoms with Crippen molar-refractivity contribution in [1.82, 2.24) is 5.06 Å². The molecule has 0 spiro atoms. The third kappa shape index (κ3) is 7.95. The van der Waals surface area contributed by atoms with E-state index >= 15 is 0 Å². The Morgan fingerprint density at radius 2 is 1.39 bits per heavy atom. The molecule has 1 saturated heterocycles. The van der Waals surface area contributed by atoms with Crippen molar-refractivity contribution in [3.8, 4) is 0 Å². The molecule has 2 unspecified atom stereocenters. The Morgan fingerprint density at radius 3 is 1.96 bits per heavy atom. The highest BCUT2D eigenvalue weighted by atomic mass is 16.5. The summed E-state index contributed by atoms with van der Waals surface area (Å²) in [6, 6.07) is 10.3. The first-order chi connectivity index (χ1) is 13.7. The van der Waals surface area contributed by atoms with Crippen LogP contribution in [0.5, 0.6) is 0 Å². The lowest BCUT2D eigenvalue weighted by Crippen LogP contribution is -2.45. The van der Waals surface area contributed by atoms with E-state index in [4.69, 9.17) is 0 Å². The lowest BCUT2D eigenvalue weighted by Gasteiger charge is -2.37. The Kier molecular flexibility index (Phi) is 11.3. The molecule has 1 aliphatic heterocycles. The third-order valence-corrected chi connectivity index (χ3v) is 6.28. The molecular formula is C25H41NO2. The number of carbonyl (C=O) groups is 1. The zero-order valence-corrected chi connectivity index (χ0v) is 18.0. The van der Waals surface area contributed by atoms with E-state index < -0.39 is 0 Å². The number of carbonyl (C=O) groups excluding carboxylic acids is 1. The van der Waals surface area contributed by atoms with Gasteiger partial charge in [-0.1, -0.05) is 114 Å². The van der Waals surface area contributed by atoms with E-state index in [2.05, 4.69) is 19.1 Å². The van der Waals surface area contributed by atoms with Crippen LogP contribution in [-0.4, -0.2) is 22.2 Å². The molecule has 1 fully saturated rings. The van der Waals surface area contributed by atoms with Crippen molar-refractivity contribution in [2.24, 2.45) is 0 Å². The summed E-state index contributed by atoms with van der Waals surface area (Å²) in [5.74, 6) is 0.146. The van der Waals surface area contributed by atoms with Crippen LogP contribution in [0.1, 0.15) is 115 Å². The molecule has 1 aromatic carbocycles. The van der Waals surface area contributed by atoms with Crippen molar-refractivity contribution < 1.29 is 10.0 Å². The zero-order valence-electron chi connectivity index (χ0n) is 18.0. The molecule has 1 N–H and O–H groups in total. The molecule has 0 saturated carbocycles. The van der Waals surface area contributed by atoms with E-state index in [1.165, 1.54) is 76.2 Å². The van der Waals surface area contributed by atoms with Crippen molar-refractivity contribution in [3.05, 3.63) is 35.9 Å². The lowest BCUT2D eigenvalue weighted by molar-refractivity contribution is -0.185. The smallest absolute Gasteiger partial charge is 0.246 e. The number of rotatable bonds is 14. The van der Waals surface area contributed by atoms with Crippen molar-refractivity contribution >= 4 is 5.91 Å². The highest BCUT2D eigenvalue weighted by Gasteiger charge is 2.35. The SMILES string of the molecule is CCCCCCCCCCCCCCC1C(c2ccccc2)CCC(=O)N1O. The predicted octanol–water partition coefficient (Wildman–Crippen LogP) is 7.24. The van der Waals surface area contributed by atoms with Crippen molar-refractivity contribution in [3.63, 3.8) is 0 Å². The van der Waals surface area contributed by atoms with E-state index in [1.54, 1.807) is 0 Å². The Balaban J connectivity index is 1.60. The molecule has 158 valence electrons.